The van der Waals surface area contributed by atoms with Gasteiger partial charge in [-0.3, -0.25) is 4.57 Å². The Bertz CT molecular complexity index is 413. The summed E-state index contributed by atoms with van der Waals surface area (Å²) in [6, 6.07) is 1.86. The molecule has 1 N–H and O–H groups in total. The van der Waals surface area contributed by atoms with Gasteiger partial charge in [0.2, 0.25) is 5.95 Å². The van der Waals surface area contributed by atoms with Crippen molar-refractivity contribution in [1.82, 2.24) is 19.5 Å². The highest BCUT2D eigenvalue weighted by molar-refractivity contribution is 5.14. The Morgan fingerprint density at radius 2 is 2.27 bits per heavy atom. The molecule has 0 aromatic carbocycles. The topological polar surface area (TPSA) is 63.8 Å². The van der Waals surface area contributed by atoms with Crippen molar-refractivity contribution in [3.8, 4) is 5.95 Å². The lowest BCUT2D eigenvalue weighted by molar-refractivity contribution is 0.288. The lowest BCUT2D eigenvalue weighted by Gasteiger charge is -2.02. The summed E-state index contributed by atoms with van der Waals surface area (Å²) in [6.45, 7) is 0.185. The van der Waals surface area contributed by atoms with Crippen molar-refractivity contribution in [2.45, 2.75) is 12.8 Å². The number of hydrogen-bond donors (Lipinski definition) is 1. The van der Waals surface area contributed by atoms with Crippen LogP contribution in [0, 0.1) is 0 Å². The quantitative estimate of drug-likeness (QED) is 0.791. The van der Waals surface area contributed by atoms with Crippen molar-refractivity contribution in [2.24, 2.45) is 0 Å². The molecule has 78 valence electrons. The van der Waals surface area contributed by atoms with Crippen LogP contribution in [0.15, 0.2) is 31.0 Å². The van der Waals surface area contributed by atoms with E-state index in [2.05, 4.69) is 15.0 Å². The van der Waals surface area contributed by atoms with Gasteiger partial charge in [0.15, 0.2) is 0 Å². The SMILES string of the molecule is OCCCc1ccnc(-n2ccnc2)n1. The van der Waals surface area contributed by atoms with Gasteiger partial charge >= 0.3 is 0 Å². The van der Waals surface area contributed by atoms with E-state index in [9.17, 15) is 0 Å². The van der Waals surface area contributed by atoms with Crippen LogP contribution in [0.5, 0.6) is 0 Å². The molecule has 0 fully saturated rings. The second-order valence-electron chi connectivity index (χ2n) is 3.15. The van der Waals surface area contributed by atoms with Crippen molar-refractivity contribution in [3.63, 3.8) is 0 Å². The van der Waals surface area contributed by atoms with Crippen molar-refractivity contribution >= 4 is 0 Å². The minimum Gasteiger partial charge on any atom is -0.396 e. The van der Waals surface area contributed by atoms with E-state index in [1.54, 1.807) is 29.5 Å². The largest absolute Gasteiger partial charge is 0.396 e. The van der Waals surface area contributed by atoms with Crippen LogP contribution in [-0.2, 0) is 6.42 Å². The van der Waals surface area contributed by atoms with Gasteiger partial charge in [0.1, 0.15) is 6.33 Å². The third-order valence-electron chi connectivity index (χ3n) is 2.03. The standard InChI is InChI=1S/C10H12N4O/c15-7-1-2-9-3-4-12-10(13-9)14-6-5-11-8-14/h3-6,8,15H,1-2,7H2. The average Bonchev–Trinajstić information content (AvgIpc) is 2.80. The van der Waals surface area contributed by atoms with Gasteiger partial charge in [-0.05, 0) is 18.9 Å². The number of nitrogens with zero attached hydrogens (tertiary/aromatic N) is 4. The first-order valence-electron chi connectivity index (χ1n) is 4.81. The van der Waals surface area contributed by atoms with Gasteiger partial charge in [0, 0.05) is 30.9 Å². The first-order chi connectivity index (χ1) is 7.40. The normalized spacial score (nSPS) is 10.5. The van der Waals surface area contributed by atoms with E-state index < -0.39 is 0 Å². The molecule has 0 saturated heterocycles. The van der Waals surface area contributed by atoms with E-state index in [0.717, 1.165) is 18.5 Å². The van der Waals surface area contributed by atoms with Crippen molar-refractivity contribution < 1.29 is 5.11 Å². The van der Waals surface area contributed by atoms with E-state index in [0.29, 0.717) is 5.95 Å². The first-order valence-corrected chi connectivity index (χ1v) is 4.81. The summed E-state index contributed by atoms with van der Waals surface area (Å²) in [6.07, 6.45) is 8.34. The lowest BCUT2D eigenvalue weighted by Crippen LogP contribution is -2.02. The molecule has 2 rings (SSSR count). The van der Waals surface area contributed by atoms with Crippen LogP contribution in [0.2, 0.25) is 0 Å². The number of aryl methyl sites for hydroxylation is 1. The molecule has 5 heteroatoms. The van der Waals surface area contributed by atoms with Crippen LogP contribution >= 0.6 is 0 Å². The summed E-state index contributed by atoms with van der Waals surface area (Å²) >= 11 is 0. The summed E-state index contributed by atoms with van der Waals surface area (Å²) in [4.78, 5) is 12.4. The zero-order valence-corrected chi connectivity index (χ0v) is 8.24. The van der Waals surface area contributed by atoms with Gasteiger partial charge in [0.05, 0.1) is 0 Å². The molecule has 5 nitrogen and oxygen atoms in total. The maximum atomic E-state index is 8.72. The van der Waals surface area contributed by atoms with Gasteiger partial charge in [-0.15, -0.1) is 0 Å². The summed E-state index contributed by atoms with van der Waals surface area (Å²) in [5, 5.41) is 8.72. The molecule has 0 bridgehead atoms. The van der Waals surface area contributed by atoms with Crippen LogP contribution in [0.25, 0.3) is 5.95 Å². The second-order valence-corrected chi connectivity index (χ2v) is 3.15. The van der Waals surface area contributed by atoms with Crippen LogP contribution in [0.1, 0.15) is 12.1 Å². The molecule has 0 aliphatic rings. The van der Waals surface area contributed by atoms with E-state index in [1.807, 2.05) is 6.07 Å². The number of aromatic nitrogens is 4. The highest BCUT2D eigenvalue weighted by atomic mass is 16.2. The number of hydrogen-bond acceptors (Lipinski definition) is 4. The number of aliphatic hydroxyl groups is 1. The molecule has 0 unspecified atom stereocenters. The van der Waals surface area contributed by atoms with E-state index in [1.165, 1.54) is 0 Å². The lowest BCUT2D eigenvalue weighted by atomic mass is 10.2. The molecule has 0 aliphatic heterocycles. The molecule has 2 heterocycles. The Hall–Kier alpha value is -1.75. The molecular weight excluding hydrogens is 192 g/mol. The maximum absolute atomic E-state index is 8.72. The van der Waals surface area contributed by atoms with Crippen molar-refractivity contribution in [3.05, 3.63) is 36.7 Å². The second kappa shape index (κ2) is 4.65. The van der Waals surface area contributed by atoms with Crippen molar-refractivity contribution in [2.75, 3.05) is 6.61 Å². The molecule has 0 atom stereocenters. The smallest absolute Gasteiger partial charge is 0.235 e. The van der Waals surface area contributed by atoms with E-state index in [4.69, 9.17) is 5.11 Å². The molecular formula is C10H12N4O. The molecule has 0 saturated carbocycles. The molecule has 0 aliphatic carbocycles. The van der Waals surface area contributed by atoms with Gasteiger partial charge in [-0.25, -0.2) is 15.0 Å². The molecule has 2 aromatic rings. The molecule has 15 heavy (non-hydrogen) atoms. The van der Waals surface area contributed by atoms with Crippen LogP contribution in [-0.4, -0.2) is 31.2 Å². The minimum atomic E-state index is 0.185. The molecule has 0 spiro atoms. The van der Waals surface area contributed by atoms with Crippen molar-refractivity contribution in [1.29, 1.82) is 0 Å². The monoisotopic (exact) mass is 204 g/mol. The minimum absolute atomic E-state index is 0.185. The van der Waals surface area contributed by atoms with Gasteiger partial charge in [-0.1, -0.05) is 0 Å². The summed E-state index contributed by atoms with van der Waals surface area (Å²) < 4.78 is 1.75. The van der Waals surface area contributed by atoms with E-state index in [-0.39, 0.29) is 6.61 Å². The number of aliphatic hydroxyl groups excluding tert-OH is 1. The van der Waals surface area contributed by atoms with Gasteiger partial charge < -0.3 is 5.11 Å². The van der Waals surface area contributed by atoms with Gasteiger partial charge in [0.25, 0.3) is 0 Å². The Balaban J connectivity index is 2.19. The fourth-order valence-corrected chi connectivity index (χ4v) is 1.29. The Labute approximate surface area is 87.5 Å². The highest BCUT2D eigenvalue weighted by Crippen LogP contribution is 2.03. The summed E-state index contributed by atoms with van der Waals surface area (Å²) in [5.41, 5.74) is 0.933. The van der Waals surface area contributed by atoms with Crippen LogP contribution in [0.4, 0.5) is 0 Å². The van der Waals surface area contributed by atoms with Crippen LogP contribution in [0.3, 0.4) is 0 Å². The maximum Gasteiger partial charge on any atom is 0.235 e. The zero-order chi connectivity index (χ0) is 10.5. The van der Waals surface area contributed by atoms with E-state index >= 15 is 0 Å². The number of rotatable bonds is 4. The fraction of sp³-hybridized carbons (Fsp3) is 0.300. The zero-order valence-electron chi connectivity index (χ0n) is 8.24. The third-order valence-corrected chi connectivity index (χ3v) is 2.03. The Morgan fingerprint density at radius 1 is 1.33 bits per heavy atom. The van der Waals surface area contributed by atoms with Crippen LogP contribution < -0.4 is 0 Å². The molecule has 0 amide bonds. The summed E-state index contributed by atoms with van der Waals surface area (Å²) in [7, 11) is 0. The number of imidazole rings is 1. The Morgan fingerprint density at radius 3 is 3.00 bits per heavy atom. The molecule has 2 aromatic heterocycles. The fourth-order valence-electron chi connectivity index (χ4n) is 1.29. The van der Waals surface area contributed by atoms with Gasteiger partial charge in [-0.2, -0.15) is 0 Å². The predicted octanol–water partition coefficient (Wildman–Crippen LogP) is 0.587. The summed E-state index contributed by atoms with van der Waals surface area (Å²) in [5.74, 6) is 0.614. The first kappa shape index (κ1) is 9.79. The average molecular weight is 204 g/mol. The third kappa shape index (κ3) is 2.38. The highest BCUT2D eigenvalue weighted by Gasteiger charge is 2.00. The predicted molar refractivity (Wildman–Crippen MR) is 54.6 cm³/mol. The molecule has 0 radical (unpaired) electrons. The Kier molecular flexibility index (Phi) is 3.04.